The number of hydrogen-bond donors (Lipinski definition) is 1. The van der Waals surface area contributed by atoms with Gasteiger partial charge in [0.1, 0.15) is 0 Å². The highest BCUT2D eigenvalue weighted by molar-refractivity contribution is 6.05. The van der Waals surface area contributed by atoms with Crippen LogP contribution >= 0.6 is 0 Å². The number of carbonyl (C=O) groups excluding carboxylic acids is 1. The zero-order chi connectivity index (χ0) is 17.3. The van der Waals surface area contributed by atoms with Gasteiger partial charge in [-0.05, 0) is 18.6 Å². The molecule has 1 atom stereocenters. The number of non-ortho nitro benzene ring substituents is 1. The van der Waals surface area contributed by atoms with Crippen molar-refractivity contribution in [3.05, 3.63) is 69.9 Å². The molecule has 0 aliphatic carbocycles. The van der Waals surface area contributed by atoms with Crippen LogP contribution in [0.1, 0.15) is 29.0 Å². The second kappa shape index (κ2) is 6.11. The quantitative estimate of drug-likeness (QED) is 0.588. The fourth-order valence-electron chi connectivity index (χ4n) is 2.58. The lowest BCUT2D eigenvalue weighted by Crippen LogP contribution is -2.30. The van der Waals surface area contributed by atoms with Crippen molar-refractivity contribution in [1.82, 2.24) is 15.1 Å². The first-order valence-corrected chi connectivity index (χ1v) is 7.43. The van der Waals surface area contributed by atoms with Crippen molar-refractivity contribution in [2.45, 2.75) is 13.0 Å². The number of nitrogens with one attached hydrogen (secondary N) is 1. The molecular weight excluding hydrogens is 308 g/mol. The lowest BCUT2D eigenvalue weighted by molar-refractivity contribution is -0.384. The summed E-state index contributed by atoms with van der Waals surface area (Å²) >= 11 is 0. The molecule has 1 amide bonds. The van der Waals surface area contributed by atoms with E-state index in [1.807, 2.05) is 37.3 Å². The summed E-state index contributed by atoms with van der Waals surface area (Å²) in [5, 5.41) is 18.2. The van der Waals surface area contributed by atoms with Crippen molar-refractivity contribution in [3.8, 4) is 0 Å². The molecule has 1 unspecified atom stereocenters. The number of nitro benzene ring substituents is 1. The highest BCUT2D eigenvalue weighted by Gasteiger charge is 2.24. The molecule has 24 heavy (non-hydrogen) atoms. The van der Waals surface area contributed by atoms with Crippen LogP contribution in [0.25, 0.3) is 10.9 Å². The minimum Gasteiger partial charge on any atom is -0.334 e. The smallest absolute Gasteiger partial charge is 0.275 e. The first kappa shape index (κ1) is 15.7. The molecule has 1 heterocycles. The van der Waals surface area contributed by atoms with Gasteiger partial charge in [-0.2, -0.15) is 5.10 Å². The molecule has 1 aromatic heterocycles. The molecule has 7 heteroatoms. The van der Waals surface area contributed by atoms with E-state index in [0.29, 0.717) is 10.9 Å². The average Bonchev–Trinajstić information content (AvgIpc) is 3.03. The molecule has 3 rings (SSSR count). The van der Waals surface area contributed by atoms with Crippen LogP contribution in [-0.4, -0.2) is 33.0 Å². The number of aromatic nitrogens is 2. The fourth-order valence-corrected chi connectivity index (χ4v) is 2.58. The summed E-state index contributed by atoms with van der Waals surface area (Å²) < 4.78 is 0. The van der Waals surface area contributed by atoms with Crippen LogP contribution in [0, 0.1) is 10.1 Å². The Balaban J connectivity index is 1.96. The van der Waals surface area contributed by atoms with Crippen LogP contribution in [0.4, 0.5) is 5.69 Å². The summed E-state index contributed by atoms with van der Waals surface area (Å²) in [4.78, 5) is 24.8. The SMILES string of the molecule is CC(c1ccccc1)N(C)C(=O)c1n[nH]c2ccc([N+](=O)[O-])cc12. The molecule has 0 aliphatic rings. The lowest BCUT2D eigenvalue weighted by Gasteiger charge is -2.24. The van der Waals surface area contributed by atoms with Crippen molar-refractivity contribution in [3.63, 3.8) is 0 Å². The standard InChI is InChI=1S/C17H16N4O3/c1-11(12-6-4-3-5-7-12)20(2)17(22)16-14-10-13(21(23)24)8-9-15(14)18-19-16/h3-11H,1-2H3,(H,18,19). The Bertz CT molecular complexity index is 905. The van der Waals surface area contributed by atoms with Crippen LogP contribution in [0.15, 0.2) is 48.5 Å². The third-order valence-corrected chi connectivity index (χ3v) is 4.14. The lowest BCUT2D eigenvalue weighted by atomic mass is 10.1. The summed E-state index contributed by atoms with van der Waals surface area (Å²) in [6.45, 7) is 1.92. The van der Waals surface area contributed by atoms with E-state index in [1.165, 1.54) is 12.1 Å². The molecule has 1 N–H and O–H groups in total. The molecule has 122 valence electrons. The molecule has 0 saturated heterocycles. The van der Waals surface area contributed by atoms with Crippen LogP contribution in [-0.2, 0) is 0 Å². The minimum absolute atomic E-state index is 0.0725. The normalized spacial score (nSPS) is 12.1. The first-order chi connectivity index (χ1) is 11.5. The number of carbonyl (C=O) groups is 1. The Labute approximate surface area is 138 Å². The van der Waals surface area contributed by atoms with E-state index < -0.39 is 4.92 Å². The molecule has 3 aromatic rings. The topological polar surface area (TPSA) is 92.1 Å². The van der Waals surface area contributed by atoms with E-state index in [4.69, 9.17) is 0 Å². The molecule has 0 aliphatic heterocycles. The number of nitro groups is 1. The number of nitrogens with zero attached hydrogens (tertiary/aromatic N) is 3. The van der Waals surface area contributed by atoms with Gasteiger partial charge in [0.2, 0.25) is 0 Å². The second-order valence-electron chi connectivity index (χ2n) is 5.56. The van der Waals surface area contributed by atoms with Gasteiger partial charge in [0, 0.05) is 24.6 Å². The van der Waals surface area contributed by atoms with E-state index in [1.54, 1.807) is 18.0 Å². The van der Waals surface area contributed by atoms with Crippen LogP contribution in [0.2, 0.25) is 0 Å². The van der Waals surface area contributed by atoms with Crippen molar-refractivity contribution in [2.75, 3.05) is 7.05 Å². The summed E-state index contributed by atoms with van der Waals surface area (Å²) in [6, 6.07) is 13.8. The Morgan fingerprint density at radius 1 is 1.25 bits per heavy atom. The van der Waals surface area contributed by atoms with Crippen molar-refractivity contribution in [2.24, 2.45) is 0 Å². The summed E-state index contributed by atoms with van der Waals surface area (Å²) in [5.74, 6) is -0.293. The zero-order valence-corrected chi connectivity index (χ0v) is 13.3. The van der Waals surface area contributed by atoms with Crippen molar-refractivity contribution >= 4 is 22.5 Å². The second-order valence-corrected chi connectivity index (χ2v) is 5.56. The molecule has 0 radical (unpaired) electrons. The molecule has 7 nitrogen and oxygen atoms in total. The zero-order valence-electron chi connectivity index (χ0n) is 13.3. The fraction of sp³-hybridized carbons (Fsp3) is 0.176. The highest BCUT2D eigenvalue weighted by Crippen LogP contribution is 2.25. The largest absolute Gasteiger partial charge is 0.334 e. The predicted molar refractivity (Wildman–Crippen MR) is 89.7 cm³/mol. The number of fused-ring (bicyclic) bond motifs is 1. The number of benzene rings is 2. The van der Waals surface area contributed by atoms with Crippen LogP contribution in [0.3, 0.4) is 0 Å². The minimum atomic E-state index is -0.489. The van der Waals surface area contributed by atoms with Crippen molar-refractivity contribution in [1.29, 1.82) is 0 Å². The van der Waals surface area contributed by atoms with Gasteiger partial charge in [0.15, 0.2) is 5.69 Å². The molecule has 0 bridgehead atoms. The van der Waals surface area contributed by atoms with Gasteiger partial charge >= 0.3 is 0 Å². The van der Waals surface area contributed by atoms with Gasteiger partial charge < -0.3 is 4.90 Å². The van der Waals surface area contributed by atoms with Gasteiger partial charge in [0.05, 0.1) is 16.5 Å². The number of aromatic amines is 1. The highest BCUT2D eigenvalue weighted by atomic mass is 16.6. The first-order valence-electron chi connectivity index (χ1n) is 7.43. The average molecular weight is 324 g/mol. The van der Waals surface area contributed by atoms with Crippen molar-refractivity contribution < 1.29 is 9.72 Å². The third kappa shape index (κ3) is 2.71. The molecule has 0 spiro atoms. The van der Waals surface area contributed by atoms with E-state index in [0.717, 1.165) is 5.56 Å². The maximum atomic E-state index is 12.8. The van der Waals surface area contributed by atoms with E-state index in [9.17, 15) is 14.9 Å². The predicted octanol–water partition coefficient (Wildman–Crippen LogP) is 3.30. The number of rotatable bonds is 4. The third-order valence-electron chi connectivity index (χ3n) is 4.14. The van der Waals surface area contributed by atoms with Gasteiger partial charge in [-0.15, -0.1) is 0 Å². The number of hydrogen-bond acceptors (Lipinski definition) is 4. The Hall–Kier alpha value is -3.22. The molecule has 2 aromatic carbocycles. The number of H-pyrrole nitrogens is 1. The summed E-state index contributed by atoms with van der Waals surface area (Å²) in [6.07, 6.45) is 0. The maximum Gasteiger partial charge on any atom is 0.275 e. The monoisotopic (exact) mass is 324 g/mol. The summed E-state index contributed by atoms with van der Waals surface area (Å²) in [5.41, 5.74) is 1.69. The van der Waals surface area contributed by atoms with E-state index in [2.05, 4.69) is 10.2 Å². The van der Waals surface area contributed by atoms with E-state index >= 15 is 0 Å². The molecule has 0 saturated carbocycles. The molecular formula is C17H16N4O3. The Kier molecular flexibility index (Phi) is 3.99. The van der Waals surface area contributed by atoms with Gasteiger partial charge in [-0.1, -0.05) is 30.3 Å². The Morgan fingerprint density at radius 3 is 2.62 bits per heavy atom. The van der Waals surface area contributed by atoms with Gasteiger partial charge in [0.25, 0.3) is 11.6 Å². The maximum absolute atomic E-state index is 12.8. The Morgan fingerprint density at radius 2 is 1.96 bits per heavy atom. The van der Waals surface area contributed by atoms with E-state index in [-0.39, 0.29) is 23.3 Å². The van der Waals surface area contributed by atoms with Gasteiger partial charge in [-0.3, -0.25) is 20.0 Å². The van der Waals surface area contributed by atoms with Crippen LogP contribution in [0.5, 0.6) is 0 Å². The molecule has 0 fully saturated rings. The summed E-state index contributed by atoms with van der Waals surface area (Å²) in [7, 11) is 1.69. The van der Waals surface area contributed by atoms with Crippen LogP contribution < -0.4 is 0 Å². The number of amides is 1. The van der Waals surface area contributed by atoms with Gasteiger partial charge in [-0.25, -0.2) is 0 Å².